The molecule has 2 saturated heterocycles. The lowest BCUT2D eigenvalue weighted by atomic mass is 9.87. The lowest BCUT2D eigenvalue weighted by molar-refractivity contribution is -0.0919. The fourth-order valence-electron chi connectivity index (χ4n) is 3.81. The van der Waals surface area contributed by atoms with Crippen molar-refractivity contribution >= 4 is 0 Å². The molecule has 1 N–H and O–H groups in total. The molecule has 0 aromatic heterocycles. The Bertz CT molecular complexity index is 265. The van der Waals surface area contributed by atoms with Gasteiger partial charge in [0.15, 0.2) is 0 Å². The van der Waals surface area contributed by atoms with Crippen LogP contribution in [0, 0.1) is 0 Å². The predicted octanol–water partition coefficient (Wildman–Crippen LogP) is 2.25. The van der Waals surface area contributed by atoms with Gasteiger partial charge in [0.1, 0.15) is 0 Å². The largest absolute Gasteiger partial charge is 0.378 e. The third-order valence-electron chi connectivity index (χ3n) is 4.82. The van der Waals surface area contributed by atoms with E-state index in [1.807, 2.05) is 0 Å². The van der Waals surface area contributed by atoms with Gasteiger partial charge in [-0.2, -0.15) is 0 Å². The number of nitrogens with one attached hydrogen (secondary N) is 1. The molecule has 0 aromatic rings. The van der Waals surface area contributed by atoms with E-state index in [1.165, 1.54) is 25.7 Å². The first kappa shape index (κ1) is 11.9. The topological polar surface area (TPSA) is 30.5 Å². The molecular formula is C14H25NO2. The maximum atomic E-state index is 5.99. The van der Waals surface area contributed by atoms with Crippen LogP contribution in [-0.4, -0.2) is 37.0 Å². The number of rotatable bonds is 2. The zero-order valence-electron chi connectivity index (χ0n) is 11.0. The summed E-state index contributed by atoms with van der Waals surface area (Å²) in [7, 11) is 0. The fraction of sp³-hybridized carbons (Fsp3) is 1.00. The Morgan fingerprint density at radius 3 is 2.65 bits per heavy atom. The van der Waals surface area contributed by atoms with Gasteiger partial charge in [0.25, 0.3) is 0 Å². The minimum absolute atomic E-state index is 0.0465. The Hall–Kier alpha value is -0.120. The lowest BCUT2D eigenvalue weighted by Gasteiger charge is -2.41. The molecule has 3 fully saturated rings. The lowest BCUT2D eigenvalue weighted by Crippen LogP contribution is -2.53. The molecule has 17 heavy (non-hydrogen) atoms. The van der Waals surface area contributed by atoms with E-state index in [-0.39, 0.29) is 5.60 Å². The van der Waals surface area contributed by atoms with Crippen LogP contribution in [0.15, 0.2) is 0 Å². The molecule has 1 saturated carbocycles. The van der Waals surface area contributed by atoms with Gasteiger partial charge in [-0.25, -0.2) is 0 Å². The monoisotopic (exact) mass is 239 g/mol. The molecule has 0 radical (unpaired) electrons. The van der Waals surface area contributed by atoms with E-state index in [9.17, 15) is 0 Å². The van der Waals surface area contributed by atoms with Crippen molar-refractivity contribution in [3.8, 4) is 0 Å². The van der Waals surface area contributed by atoms with Crippen LogP contribution >= 0.6 is 0 Å². The first-order chi connectivity index (χ1) is 8.20. The predicted molar refractivity (Wildman–Crippen MR) is 67.1 cm³/mol. The normalized spacial score (nSPS) is 41.1. The summed E-state index contributed by atoms with van der Waals surface area (Å²) in [5, 5.41) is 3.91. The van der Waals surface area contributed by atoms with Crippen molar-refractivity contribution in [3.63, 3.8) is 0 Å². The zero-order valence-corrected chi connectivity index (χ0v) is 11.0. The van der Waals surface area contributed by atoms with Crippen molar-refractivity contribution in [3.05, 3.63) is 0 Å². The third kappa shape index (κ3) is 2.51. The molecule has 1 spiro atoms. The summed E-state index contributed by atoms with van der Waals surface area (Å²) in [5.74, 6) is 0. The first-order valence-corrected chi connectivity index (χ1v) is 7.19. The molecule has 3 heteroatoms. The second kappa shape index (κ2) is 4.52. The van der Waals surface area contributed by atoms with Crippen LogP contribution in [-0.2, 0) is 9.47 Å². The number of hydrogen-bond donors (Lipinski definition) is 1. The molecule has 3 rings (SSSR count). The molecule has 98 valence electrons. The highest BCUT2D eigenvalue weighted by Gasteiger charge is 2.42. The van der Waals surface area contributed by atoms with Crippen molar-refractivity contribution in [2.75, 3.05) is 19.8 Å². The average molecular weight is 239 g/mol. The molecule has 2 heterocycles. The summed E-state index contributed by atoms with van der Waals surface area (Å²) < 4.78 is 11.5. The maximum Gasteiger partial charge on any atom is 0.0951 e. The smallest absolute Gasteiger partial charge is 0.0951 e. The minimum Gasteiger partial charge on any atom is -0.378 e. The zero-order chi connectivity index (χ0) is 11.8. The Kier molecular flexibility index (Phi) is 3.18. The summed E-state index contributed by atoms with van der Waals surface area (Å²) in [6, 6.07) is 0.633. The summed E-state index contributed by atoms with van der Waals surface area (Å²) in [6.07, 6.45) is 8.85. The SMILES string of the molecule is CC1(NC2CCOC3(CCOC3)C2)CCCC1. The van der Waals surface area contributed by atoms with E-state index in [0.717, 1.165) is 39.1 Å². The first-order valence-electron chi connectivity index (χ1n) is 7.19. The molecule has 2 unspecified atom stereocenters. The highest BCUT2D eigenvalue weighted by molar-refractivity contribution is 4.97. The molecule has 3 nitrogen and oxygen atoms in total. The molecule has 2 aliphatic heterocycles. The summed E-state index contributed by atoms with van der Waals surface area (Å²) >= 11 is 0. The highest BCUT2D eigenvalue weighted by Crippen LogP contribution is 2.36. The van der Waals surface area contributed by atoms with E-state index >= 15 is 0 Å². The number of hydrogen-bond acceptors (Lipinski definition) is 3. The van der Waals surface area contributed by atoms with Crippen LogP contribution in [0.1, 0.15) is 51.9 Å². The standard InChI is InChI=1S/C14H25NO2/c1-13(5-2-3-6-13)15-12-4-8-17-14(10-12)7-9-16-11-14/h12,15H,2-11H2,1H3. The van der Waals surface area contributed by atoms with E-state index in [2.05, 4.69) is 12.2 Å². The molecular weight excluding hydrogens is 214 g/mol. The minimum atomic E-state index is 0.0465. The Morgan fingerprint density at radius 2 is 1.94 bits per heavy atom. The molecule has 1 aliphatic carbocycles. The Labute approximate surface area is 104 Å². The van der Waals surface area contributed by atoms with Gasteiger partial charge in [0.2, 0.25) is 0 Å². The average Bonchev–Trinajstić information content (AvgIpc) is 2.89. The van der Waals surface area contributed by atoms with E-state index in [1.54, 1.807) is 0 Å². The molecule has 0 bridgehead atoms. The van der Waals surface area contributed by atoms with Gasteiger partial charge in [-0.3, -0.25) is 0 Å². The van der Waals surface area contributed by atoms with Crippen LogP contribution in [0.25, 0.3) is 0 Å². The van der Waals surface area contributed by atoms with Crippen LogP contribution in [0.3, 0.4) is 0 Å². The van der Waals surface area contributed by atoms with Crippen molar-refractivity contribution in [2.24, 2.45) is 0 Å². The van der Waals surface area contributed by atoms with Crippen LogP contribution < -0.4 is 5.32 Å². The maximum absolute atomic E-state index is 5.99. The molecule has 0 aromatic carbocycles. The van der Waals surface area contributed by atoms with Gasteiger partial charge < -0.3 is 14.8 Å². The van der Waals surface area contributed by atoms with Crippen molar-refractivity contribution < 1.29 is 9.47 Å². The fourth-order valence-corrected chi connectivity index (χ4v) is 3.81. The second-order valence-electron chi connectivity index (χ2n) is 6.44. The summed E-state index contributed by atoms with van der Waals surface area (Å²) in [4.78, 5) is 0. The molecule has 0 amide bonds. The second-order valence-corrected chi connectivity index (χ2v) is 6.44. The Balaban J connectivity index is 1.60. The van der Waals surface area contributed by atoms with Crippen LogP contribution in [0.2, 0.25) is 0 Å². The van der Waals surface area contributed by atoms with Gasteiger partial charge in [0.05, 0.1) is 12.2 Å². The molecule has 2 atom stereocenters. The third-order valence-corrected chi connectivity index (χ3v) is 4.82. The van der Waals surface area contributed by atoms with E-state index in [0.29, 0.717) is 11.6 Å². The van der Waals surface area contributed by atoms with Gasteiger partial charge in [-0.05, 0) is 32.6 Å². The molecule has 3 aliphatic rings. The van der Waals surface area contributed by atoms with Gasteiger partial charge in [0, 0.05) is 31.2 Å². The van der Waals surface area contributed by atoms with Crippen molar-refractivity contribution in [1.82, 2.24) is 5.32 Å². The van der Waals surface area contributed by atoms with Crippen molar-refractivity contribution in [2.45, 2.75) is 69.1 Å². The highest BCUT2D eigenvalue weighted by atomic mass is 16.6. The van der Waals surface area contributed by atoms with Crippen molar-refractivity contribution in [1.29, 1.82) is 0 Å². The summed E-state index contributed by atoms with van der Waals surface area (Å²) in [5.41, 5.74) is 0.438. The van der Waals surface area contributed by atoms with E-state index in [4.69, 9.17) is 9.47 Å². The Morgan fingerprint density at radius 1 is 1.12 bits per heavy atom. The van der Waals surface area contributed by atoms with Crippen LogP contribution in [0.5, 0.6) is 0 Å². The quantitative estimate of drug-likeness (QED) is 0.801. The van der Waals surface area contributed by atoms with Gasteiger partial charge in [-0.1, -0.05) is 12.8 Å². The van der Waals surface area contributed by atoms with Gasteiger partial charge in [-0.15, -0.1) is 0 Å². The van der Waals surface area contributed by atoms with Gasteiger partial charge >= 0.3 is 0 Å². The van der Waals surface area contributed by atoms with Crippen LogP contribution in [0.4, 0.5) is 0 Å². The van der Waals surface area contributed by atoms with E-state index < -0.39 is 0 Å². The number of ether oxygens (including phenoxy) is 2. The summed E-state index contributed by atoms with van der Waals surface area (Å²) in [6.45, 7) is 4.98.